The second-order valence-corrected chi connectivity index (χ2v) is 6.70. The molecule has 0 N–H and O–H groups in total. The van der Waals surface area contributed by atoms with Crippen LogP contribution in [0.5, 0.6) is 0 Å². The lowest BCUT2D eigenvalue weighted by atomic mass is 9.91. The van der Waals surface area contributed by atoms with Crippen LogP contribution in [0.1, 0.15) is 60.8 Å². The van der Waals surface area contributed by atoms with Crippen LogP contribution in [0, 0.1) is 19.7 Å². The van der Waals surface area contributed by atoms with E-state index in [9.17, 15) is 4.39 Å². The zero-order valence-electron chi connectivity index (χ0n) is 15.2. The van der Waals surface area contributed by atoms with Gasteiger partial charge in [-0.05, 0) is 42.5 Å². The van der Waals surface area contributed by atoms with Gasteiger partial charge >= 0.3 is 0 Å². The van der Waals surface area contributed by atoms with E-state index < -0.39 is 0 Å². The van der Waals surface area contributed by atoms with Crippen LogP contribution >= 0.6 is 0 Å². The molecule has 0 spiro atoms. The molecule has 0 unspecified atom stereocenters. The van der Waals surface area contributed by atoms with Crippen LogP contribution in [0.3, 0.4) is 0 Å². The lowest BCUT2D eigenvalue weighted by Gasteiger charge is -2.16. The molecular formula is C20H22FN3O. The van der Waals surface area contributed by atoms with Crippen LogP contribution in [-0.2, 0) is 0 Å². The Balaban J connectivity index is 1.94. The molecule has 0 saturated carbocycles. The average molecular weight is 339 g/mol. The quantitative estimate of drug-likeness (QED) is 0.658. The highest BCUT2D eigenvalue weighted by Gasteiger charge is 2.18. The fourth-order valence-electron chi connectivity index (χ4n) is 2.93. The summed E-state index contributed by atoms with van der Waals surface area (Å²) < 4.78 is 19.5. The van der Waals surface area contributed by atoms with Crippen molar-refractivity contribution in [3.8, 4) is 11.4 Å². The van der Waals surface area contributed by atoms with E-state index in [1.54, 1.807) is 18.5 Å². The standard InChI is InChI=1S/C20H22FN3O/c1-11(2)15-6-7-18(21)17(8-15)12(3)16-9-22-20(23-10-16)19-13(4)24-25-14(19)5/h6-12H,1-5H3/t12-/m0/s1. The number of halogens is 1. The largest absolute Gasteiger partial charge is 0.361 e. The van der Waals surface area contributed by atoms with Crippen LogP contribution in [0.2, 0.25) is 0 Å². The molecule has 0 radical (unpaired) electrons. The maximum Gasteiger partial charge on any atom is 0.164 e. The summed E-state index contributed by atoms with van der Waals surface area (Å²) in [5.41, 5.74) is 4.23. The molecule has 25 heavy (non-hydrogen) atoms. The van der Waals surface area contributed by atoms with Gasteiger partial charge < -0.3 is 4.52 Å². The molecule has 0 fully saturated rings. The van der Waals surface area contributed by atoms with Crippen molar-refractivity contribution in [2.75, 3.05) is 0 Å². The van der Waals surface area contributed by atoms with Crippen molar-refractivity contribution >= 4 is 0 Å². The average Bonchev–Trinajstić information content (AvgIpc) is 2.93. The molecule has 2 heterocycles. The Morgan fingerprint density at radius 3 is 2.24 bits per heavy atom. The lowest BCUT2D eigenvalue weighted by Crippen LogP contribution is -2.03. The molecular weight excluding hydrogens is 317 g/mol. The summed E-state index contributed by atoms with van der Waals surface area (Å²) in [4.78, 5) is 8.89. The highest BCUT2D eigenvalue weighted by molar-refractivity contribution is 5.59. The van der Waals surface area contributed by atoms with E-state index >= 15 is 0 Å². The number of benzene rings is 1. The molecule has 2 aromatic heterocycles. The van der Waals surface area contributed by atoms with Gasteiger partial charge in [-0.2, -0.15) is 0 Å². The first-order valence-corrected chi connectivity index (χ1v) is 8.43. The molecule has 0 aliphatic heterocycles. The summed E-state index contributed by atoms with van der Waals surface area (Å²) in [6.45, 7) is 9.86. The van der Waals surface area contributed by atoms with Gasteiger partial charge in [-0.1, -0.05) is 38.1 Å². The van der Waals surface area contributed by atoms with Crippen LogP contribution in [0.4, 0.5) is 4.39 Å². The Labute approximate surface area is 147 Å². The fraction of sp³-hybridized carbons (Fsp3) is 0.350. The Kier molecular flexibility index (Phi) is 4.66. The van der Waals surface area contributed by atoms with E-state index in [2.05, 4.69) is 29.0 Å². The highest BCUT2D eigenvalue weighted by Crippen LogP contribution is 2.30. The van der Waals surface area contributed by atoms with Crippen molar-refractivity contribution in [2.24, 2.45) is 0 Å². The predicted molar refractivity (Wildman–Crippen MR) is 95.0 cm³/mol. The molecule has 3 aromatic rings. The zero-order chi connectivity index (χ0) is 18.1. The maximum atomic E-state index is 14.3. The molecule has 1 aromatic carbocycles. The van der Waals surface area contributed by atoms with Gasteiger partial charge in [0.15, 0.2) is 5.82 Å². The summed E-state index contributed by atoms with van der Waals surface area (Å²) in [5, 5.41) is 3.93. The van der Waals surface area contributed by atoms with Gasteiger partial charge in [0.1, 0.15) is 11.6 Å². The Bertz CT molecular complexity index is 865. The second-order valence-electron chi connectivity index (χ2n) is 6.70. The predicted octanol–water partition coefficient (Wildman–Crippen LogP) is 5.16. The topological polar surface area (TPSA) is 51.8 Å². The number of aryl methyl sites for hydroxylation is 2. The third-order valence-corrected chi connectivity index (χ3v) is 4.58. The Hall–Kier alpha value is -2.56. The minimum atomic E-state index is -0.202. The van der Waals surface area contributed by atoms with Crippen molar-refractivity contribution in [2.45, 2.75) is 46.5 Å². The van der Waals surface area contributed by atoms with E-state index in [4.69, 9.17) is 4.52 Å². The van der Waals surface area contributed by atoms with Gasteiger partial charge in [-0.3, -0.25) is 0 Å². The van der Waals surface area contributed by atoms with Gasteiger partial charge in [0.25, 0.3) is 0 Å². The summed E-state index contributed by atoms with van der Waals surface area (Å²) in [5.74, 6) is 1.28. The molecule has 130 valence electrons. The normalized spacial score (nSPS) is 12.6. The minimum absolute atomic E-state index is 0.127. The minimum Gasteiger partial charge on any atom is -0.361 e. The second kappa shape index (κ2) is 6.75. The van der Waals surface area contributed by atoms with Crippen LogP contribution in [-0.4, -0.2) is 15.1 Å². The molecule has 0 saturated heterocycles. The van der Waals surface area contributed by atoms with Gasteiger partial charge in [-0.25, -0.2) is 14.4 Å². The van der Waals surface area contributed by atoms with E-state index in [-0.39, 0.29) is 11.7 Å². The van der Waals surface area contributed by atoms with Crippen molar-refractivity contribution in [1.82, 2.24) is 15.1 Å². The third kappa shape index (κ3) is 3.31. The van der Waals surface area contributed by atoms with E-state index in [0.717, 1.165) is 22.4 Å². The van der Waals surface area contributed by atoms with E-state index in [1.807, 2.05) is 32.9 Å². The van der Waals surface area contributed by atoms with Crippen molar-refractivity contribution in [3.63, 3.8) is 0 Å². The van der Waals surface area contributed by atoms with Crippen molar-refractivity contribution < 1.29 is 8.91 Å². The summed E-state index contributed by atoms with van der Waals surface area (Å²) in [6, 6.07) is 5.32. The highest BCUT2D eigenvalue weighted by atomic mass is 19.1. The first-order valence-electron chi connectivity index (χ1n) is 8.43. The molecule has 0 aliphatic rings. The first kappa shape index (κ1) is 17.3. The smallest absolute Gasteiger partial charge is 0.164 e. The van der Waals surface area contributed by atoms with Crippen LogP contribution in [0.25, 0.3) is 11.4 Å². The number of rotatable bonds is 4. The summed E-state index contributed by atoms with van der Waals surface area (Å²) in [6.07, 6.45) is 3.50. The number of hydrogen-bond acceptors (Lipinski definition) is 4. The summed E-state index contributed by atoms with van der Waals surface area (Å²) >= 11 is 0. The Morgan fingerprint density at radius 2 is 1.68 bits per heavy atom. The number of hydrogen-bond donors (Lipinski definition) is 0. The van der Waals surface area contributed by atoms with Crippen LogP contribution < -0.4 is 0 Å². The van der Waals surface area contributed by atoms with Crippen molar-refractivity contribution in [1.29, 1.82) is 0 Å². The van der Waals surface area contributed by atoms with Gasteiger partial charge in [0, 0.05) is 18.3 Å². The van der Waals surface area contributed by atoms with Gasteiger partial charge in [0.05, 0.1) is 11.3 Å². The van der Waals surface area contributed by atoms with E-state index in [0.29, 0.717) is 23.1 Å². The van der Waals surface area contributed by atoms with Crippen molar-refractivity contribution in [3.05, 3.63) is 64.6 Å². The van der Waals surface area contributed by atoms with Gasteiger partial charge in [-0.15, -0.1) is 0 Å². The molecule has 0 bridgehead atoms. The molecule has 1 atom stereocenters. The molecule has 5 heteroatoms. The fourth-order valence-corrected chi connectivity index (χ4v) is 2.93. The Morgan fingerprint density at radius 1 is 1.00 bits per heavy atom. The zero-order valence-corrected chi connectivity index (χ0v) is 15.2. The first-order chi connectivity index (χ1) is 11.9. The molecule has 0 amide bonds. The third-order valence-electron chi connectivity index (χ3n) is 4.58. The molecule has 4 nitrogen and oxygen atoms in total. The molecule has 0 aliphatic carbocycles. The number of aromatic nitrogens is 3. The van der Waals surface area contributed by atoms with Crippen LogP contribution in [0.15, 0.2) is 35.1 Å². The maximum absolute atomic E-state index is 14.3. The van der Waals surface area contributed by atoms with Gasteiger partial charge in [0.2, 0.25) is 0 Å². The SMILES string of the molecule is Cc1noc(C)c1-c1ncc([C@H](C)c2cc(C(C)C)ccc2F)cn1. The van der Waals surface area contributed by atoms with E-state index in [1.165, 1.54) is 0 Å². The summed E-state index contributed by atoms with van der Waals surface area (Å²) in [7, 11) is 0. The monoisotopic (exact) mass is 339 g/mol. The lowest BCUT2D eigenvalue weighted by molar-refractivity contribution is 0.393. The number of nitrogens with zero attached hydrogens (tertiary/aromatic N) is 3. The molecule has 3 rings (SSSR count).